The van der Waals surface area contributed by atoms with Crippen LogP contribution in [0, 0.1) is 5.92 Å². The van der Waals surface area contributed by atoms with Crippen molar-refractivity contribution >= 4 is 27.2 Å². The third kappa shape index (κ3) is 4.00. The van der Waals surface area contributed by atoms with E-state index in [0.717, 1.165) is 31.9 Å². The Hall–Kier alpha value is -1.67. The van der Waals surface area contributed by atoms with Crippen molar-refractivity contribution in [3.63, 3.8) is 0 Å². The van der Waals surface area contributed by atoms with Crippen molar-refractivity contribution in [3.05, 3.63) is 18.3 Å². The van der Waals surface area contributed by atoms with E-state index in [9.17, 15) is 13.2 Å². The highest BCUT2D eigenvalue weighted by Gasteiger charge is 2.33. The quantitative estimate of drug-likeness (QED) is 0.848. The highest BCUT2D eigenvalue weighted by molar-refractivity contribution is 7.91. The molecular formula is C15H22N4O3S. The van der Waals surface area contributed by atoms with Gasteiger partial charge in [-0.25, -0.2) is 13.4 Å². The van der Waals surface area contributed by atoms with Gasteiger partial charge in [0.15, 0.2) is 9.84 Å². The van der Waals surface area contributed by atoms with Crippen LogP contribution in [-0.2, 0) is 14.6 Å². The molecule has 1 aromatic heterocycles. The molecule has 1 aromatic rings. The lowest BCUT2D eigenvalue weighted by Gasteiger charge is -2.33. The molecule has 1 unspecified atom stereocenters. The molecule has 0 aromatic carbocycles. The minimum Gasteiger partial charge on any atom is -0.368 e. The molecule has 2 fully saturated rings. The average molecular weight is 338 g/mol. The summed E-state index contributed by atoms with van der Waals surface area (Å²) in [6.45, 7) is 3.97. The monoisotopic (exact) mass is 338 g/mol. The molecule has 1 N–H and O–H groups in total. The van der Waals surface area contributed by atoms with Gasteiger partial charge in [0.1, 0.15) is 5.82 Å². The number of amides is 1. The summed E-state index contributed by atoms with van der Waals surface area (Å²) in [5, 5.41) is 2.72. The molecular weight excluding hydrogens is 316 g/mol. The van der Waals surface area contributed by atoms with E-state index >= 15 is 0 Å². The van der Waals surface area contributed by atoms with Crippen molar-refractivity contribution in [2.45, 2.75) is 6.42 Å². The highest BCUT2D eigenvalue weighted by Crippen LogP contribution is 2.21. The van der Waals surface area contributed by atoms with Crippen LogP contribution in [0.1, 0.15) is 6.42 Å². The smallest absolute Gasteiger partial charge is 0.229 e. The van der Waals surface area contributed by atoms with Gasteiger partial charge >= 0.3 is 0 Å². The van der Waals surface area contributed by atoms with Gasteiger partial charge in [0.25, 0.3) is 0 Å². The van der Waals surface area contributed by atoms with Crippen LogP contribution in [0.4, 0.5) is 11.5 Å². The minimum atomic E-state index is -3.05. The summed E-state index contributed by atoms with van der Waals surface area (Å²) in [5.41, 5.74) is 1.04. The molecule has 0 bridgehead atoms. The van der Waals surface area contributed by atoms with Crippen LogP contribution in [0.15, 0.2) is 18.3 Å². The first kappa shape index (κ1) is 16.2. The molecule has 0 aliphatic carbocycles. The summed E-state index contributed by atoms with van der Waals surface area (Å²) < 4.78 is 22.9. The number of carbonyl (C=O) groups is 1. The SMILES string of the molecule is CN1CCN(c2ccc(NC(=O)C3CCS(=O)(=O)C3)nc2)CC1. The van der Waals surface area contributed by atoms with Crippen molar-refractivity contribution in [1.29, 1.82) is 0 Å². The number of carbonyl (C=O) groups excluding carboxylic acids is 1. The molecule has 3 heterocycles. The Kier molecular flexibility index (Phi) is 4.54. The van der Waals surface area contributed by atoms with E-state index in [0.29, 0.717) is 12.2 Å². The third-order valence-corrected chi connectivity index (χ3v) is 6.24. The van der Waals surface area contributed by atoms with E-state index in [-0.39, 0.29) is 17.4 Å². The van der Waals surface area contributed by atoms with Gasteiger partial charge in [-0.2, -0.15) is 0 Å². The van der Waals surface area contributed by atoms with Gasteiger partial charge in [-0.3, -0.25) is 4.79 Å². The minimum absolute atomic E-state index is 0.0573. The summed E-state index contributed by atoms with van der Waals surface area (Å²) >= 11 is 0. The molecule has 8 heteroatoms. The Labute approximate surface area is 136 Å². The summed E-state index contributed by atoms with van der Waals surface area (Å²) in [6, 6.07) is 3.72. The Balaban J connectivity index is 1.58. The summed E-state index contributed by atoms with van der Waals surface area (Å²) in [7, 11) is -0.942. The lowest BCUT2D eigenvalue weighted by molar-refractivity contribution is -0.119. The molecule has 0 radical (unpaired) electrons. The van der Waals surface area contributed by atoms with Crippen LogP contribution in [0.3, 0.4) is 0 Å². The first-order valence-corrected chi connectivity index (χ1v) is 9.66. The maximum absolute atomic E-state index is 12.1. The van der Waals surface area contributed by atoms with E-state index in [1.807, 2.05) is 6.07 Å². The van der Waals surface area contributed by atoms with E-state index < -0.39 is 15.8 Å². The van der Waals surface area contributed by atoms with Crippen molar-refractivity contribution in [1.82, 2.24) is 9.88 Å². The maximum Gasteiger partial charge on any atom is 0.229 e. The molecule has 0 spiro atoms. The second kappa shape index (κ2) is 6.45. The lowest BCUT2D eigenvalue weighted by Crippen LogP contribution is -2.44. The van der Waals surface area contributed by atoms with E-state index in [1.54, 1.807) is 12.3 Å². The number of sulfone groups is 1. The largest absolute Gasteiger partial charge is 0.368 e. The van der Waals surface area contributed by atoms with Crippen molar-refractivity contribution in [2.24, 2.45) is 5.92 Å². The fourth-order valence-electron chi connectivity index (χ4n) is 2.94. The number of piperazine rings is 1. The van der Waals surface area contributed by atoms with Gasteiger partial charge in [0.2, 0.25) is 5.91 Å². The van der Waals surface area contributed by atoms with Crippen molar-refractivity contribution in [2.75, 3.05) is 54.9 Å². The number of anilines is 2. The maximum atomic E-state index is 12.1. The third-order valence-electron chi connectivity index (χ3n) is 4.47. The Morgan fingerprint density at radius 3 is 2.57 bits per heavy atom. The van der Waals surface area contributed by atoms with Gasteiger partial charge in [-0.05, 0) is 25.6 Å². The fraction of sp³-hybridized carbons (Fsp3) is 0.600. The predicted octanol–water partition coefficient (Wildman–Crippen LogP) is 0.207. The zero-order chi connectivity index (χ0) is 16.4. The molecule has 1 atom stereocenters. The zero-order valence-electron chi connectivity index (χ0n) is 13.2. The number of pyridine rings is 1. The first-order chi connectivity index (χ1) is 10.9. The van der Waals surface area contributed by atoms with Gasteiger partial charge in [0, 0.05) is 26.2 Å². The number of likely N-dealkylation sites (N-methyl/N-ethyl adjacent to an activating group) is 1. The Morgan fingerprint density at radius 2 is 2.00 bits per heavy atom. The first-order valence-electron chi connectivity index (χ1n) is 7.84. The number of hydrogen-bond acceptors (Lipinski definition) is 6. The average Bonchev–Trinajstić information content (AvgIpc) is 2.89. The summed E-state index contributed by atoms with van der Waals surface area (Å²) in [6.07, 6.45) is 2.15. The summed E-state index contributed by atoms with van der Waals surface area (Å²) in [5.74, 6) is -0.207. The van der Waals surface area contributed by atoms with E-state index in [4.69, 9.17) is 0 Å². The van der Waals surface area contributed by atoms with Gasteiger partial charge in [-0.1, -0.05) is 0 Å². The van der Waals surface area contributed by atoms with Crippen LogP contribution < -0.4 is 10.2 Å². The second-order valence-corrected chi connectivity index (χ2v) is 8.51. The van der Waals surface area contributed by atoms with Crippen LogP contribution in [0.2, 0.25) is 0 Å². The number of nitrogens with zero attached hydrogens (tertiary/aromatic N) is 3. The van der Waals surface area contributed by atoms with Crippen LogP contribution in [0.5, 0.6) is 0 Å². The van der Waals surface area contributed by atoms with Gasteiger partial charge in [-0.15, -0.1) is 0 Å². The molecule has 23 heavy (non-hydrogen) atoms. The number of nitrogens with one attached hydrogen (secondary N) is 1. The number of aromatic nitrogens is 1. The van der Waals surface area contributed by atoms with Gasteiger partial charge < -0.3 is 15.1 Å². The molecule has 2 saturated heterocycles. The molecule has 2 aliphatic rings. The van der Waals surface area contributed by atoms with Gasteiger partial charge in [0.05, 0.1) is 29.3 Å². The molecule has 0 saturated carbocycles. The highest BCUT2D eigenvalue weighted by atomic mass is 32.2. The standard InChI is InChI=1S/C15H22N4O3S/c1-18-5-7-19(8-6-18)13-2-3-14(16-10-13)17-15(20)12-4-9-23(21,22)11-12/h2-3,10,12H,4-9,11H2,1H3,(H,16,17,20). The normalized spacial score (nSPS) is 24.6. The summed E-state index contributed by atoms with van der Waals surface area (Å²) in [4.78, 5) is 20.9. The van der Waals surface area contributed by atoms with Crippen molar-refractivity contribution < 1.29 is 13.2 Å². The second-order valence-electron chi connectivity index (χ2n) is 6.28. The van der Waals surface area contributed by atoms with E-state index in [2.05, 4.69) is 27.1 Å². The zero-order valence-corrected chi connectivity index (χ0v) is 14.1. The van der Waals surface area contributed by atoms with Crippen molar-refractivity contribution in [3.8, 4) is 0 Å². The lowest BCUT2D eigenvalue weighted by atomic mass is 10.1. The Bertz CT molecular complexity index is 666. The molecule has 7 nitrogen and oxygen atoms in total. The van der Waals surface area contributed by atoms with Crippen LogP contribution in [-0.4, -0.2) is 68.9 Å². The number of rotatable bonds is 3. The topological polar surface area (TPSA) is 82.6 Å². The molecule has 3 rings (SSSR count). The molecule has 2 aliphatic heterocycles. The van der Waals surface area contributed by atoms with E-state index in [1.165, 1.54) is 0 Å². The number of hydrogen-bond donors (Lipinski definition) is 1. The van der Waals surface area contributed by atoms with Crippen LogP contribution >= 0.6 is 0 Å². The molecule has 126 valence electrons. The predicted molar refractivity (Wildman–Crippen MR) is 89.3 cm³/mol. The van der Waals surface area contributed by atoms with Crippen LogP contribution in [0.25, 0.3) is 0 Å². The fourth-order valence-corrected chi connectivity index (χ4v) is 4.68. The molecule has 1 amide bonds. The Morgan fingerprint density at radius 1 is 1.26 bits per heavy atom.